The Labute approximate surface area is 104 Å². The zero-order valence-corrected chi connectivity index (χ0v) is 9.91. The van der Waals surface area contributed by atoms with Crippen molar-refractivity contribution in [3.63, 3.8) is 0 Å². The molecule has 0 aliphatic carbocycles. The van der Waals surface area contributed by atoms with Gasteiger partial charge in [-0.2, -0.15) is 4.68 Å². The molecule has 0 fully saturated rings. The second-order valence-electron chi connectivity index (χ2n) is 4.12. The first-order valence-corrected chi connectivity index (χ1v) is 5.67. The van der Waals surface area contributed by atoms with Gasteiger partial charge < -0.3 is 5.11 Å². The Kier molecular flexibility index (Phi) is 2.53. The van der Waals surface area contributed by atoms with E-state index in [0.717, 1.165) is 22.3 Å². The lowest BCUT2D eigenvalue weighted by molar-refractivity contribution is 0.281. The number of aryl methyl sites for hydroxylation is 1. The molecule has 0 aliphatic heterocycles. The molecule has 3 rings (SSSR count). The van der Waals surface area contributed by atoms with E-state index in [1.807, 2.05) is 43.3 Å². The van der Waals surface area contributed by atoms with Gasteiger partial charge in [-0.3, -0.25) is 0 Å². The molecule has 90 valence electrons. The van der Waals surface area contributed by atoms with E-state index in [1.54, 1.807) is 4.68 Å². The van der Waals surface area contributed by atoms with Crippen LogP contribution < -0.4 is 0 Å². The van der Waals surface area contributed by atoms with Gasteiger partial charge in [-0.1, -0.05) is 17.3 Å². The van der Waals surface area contributed by atoms with Gasteiger partial charge in [0.25, 0.3) is 0 Å². The standard InChI is InChI=1S/C13H12N4O/c1-9-6-10(8-18)7-13(14-9)17-12-5-3-2-4-11(12)15-16-17/h2-7,18H,8H2,1H3. The second kappa shape index (κ2) is 4.19. The summed E-state index contributed by atoms with van der Waals surface area (Å²) in [6.07, 6.45) is 0. The summed E-state index contributed by atoms with van der Waals surface area (Å²) in [6.45, 7) is 1.88. The monoisotopic (exact) mass is 240 g/mol. The number of rotatable bonds is 2. The SMILES string of the molecule is Cc1cc(CO)cc(-n2nnc3ccccc32)n1. The van der Waals surface area contributed by atoms with E-state index in [4.69, 9.17) is 0 Å². The molecule has 0 saturated carbocycles. The van der Waals surface area contributed by atoms with Gasteiger partial charge in [-0.05, 0) is 36.8 Å². The van der Waals surface area contributed by atoms with E-state index in [2.05, 4.69) is 15.3 Å². The molecule has 0 atom stereocenters. The van der Waals surface area contributed by atoms with Crippen LogP contribution in [0.1, 0.15) is 11.3 Å². The lowest BCUT2D eigenvalue weighted by Gasteiger charge is -2.05. The van der Waals surface area contributed by atoms with Crippen molar-refractivity contribution in [1.82, 2.24) is 20.0 Å². The highest BCUT2D eigenvalue weighted by Crippen LogP contribution is 2.16. The van der Waals surface area contributed by atoms with Crippen LogP contribution in [0.25, 0.3) is 16.9 Å². The lowest BCUT2D eigenvalue weighted by Crippen LogP contribution is -2.02. The van der Waals surface area contributed by atoms with Gasteiger partial charge in [-0.15, -0.1) is 5.10 Å². The molecule has 0 radical (unpaired) electrons. The van der Waals surface area contributed by atoms with Gasteiger partial charge in [0.15, 0.2) is 5.82 Å². The first-order valence-electron chi connectivity index (χ1n) is 5.67. The van der Waals surface area contributed by atoms with Crippen molar-refractivity contribution in [3.8, 4) is 5.82 Å². The van der Waals surface area contributed by atoms with Gasteiger partial charge in [0.2, 0.25) is 0 Å². The first-order chi connectivity index (χ1) is 8.78. The van der Waals surface area contributed by atoms with Crippen molar-refractivity contribution in [2.75, 3.05) is 0 Å². The first kappa shape index (κ1) is 10.9. The number of pyridine rings is 1. The Bertz CT molecular complexity index is 705. The molecule has 2 heterocycles. The predicted octanol–water partition coefficient (Wildman–Crippen LogP) is 1.62. The van der Waals surface area contributed by atoms with Crippen LogP contribution in [-0.4, -0.2) is 25.1 Å². The minimum absolute atomic E-state index is 0.0109. The van der Waals surface area contributed by atoms with Crippen molar-refractivity contribution in [3.05, 3.63) is 47.7 Å². The number of nitrogens with zero attached hydrogens (tertiary/aromatic N) is 4. The van der Waals surface area contributed by atoms with Crippen LogP contribution in [0.2, 0.25) is 0 Å². The average Bonchev–Trinajstić information content (AvgIpc) is 2.81. The Morgan fingerprint density at radius 2 is 2.06 bits per heavy atom. The highest BCUT2D eigenvalue weighted by atomic mass is 16.3. The fourth-order valence-corrected chi connectivity index (χ4v) is 1.96. The Hall–Kier alpha value is -2.27. The van der Waals surface area contributed by atoms with Crippen molar-refractivity contribution in [2.24, 2.45) is 0 Å². The molecule has 5 nitrogen and oxygen atoms in total. The highest BCUT2D eigenvalue weighted by Gasteiger charge is 2.08. The predicted molar refractivity (Wildman–Crippen MR) is 67.3 cm³/mol. The van der Waals surface area contributed by atoms with Crippen molar-refractivity contribution < 1.29 is 5.11 Å². The molecule has 0 bridgehead atoms. The summed E-state index contributed by atoms with van der Waals surface area (Å²) in [5.41, 5.74) is 3.39. The molecule has 1 aromatic carbocycles. The number of aliphatic hydroxyl groups is 1. The summed E-state index contributed by atoms with van der Waals surface area (Å²) in [4.78, 5) is 4.42. The van der Waals surface area contributed by atoms with Crippen molar-refractivity contribution >= 4 is 11.0 Å². The maximum atomic E-state index is 9.22. The van der Waals surface area contributed by atoms with E-state index >= 15 is 0 Å². The van der Waals surface area contributed by atoms with E-state index in [-0.39, 0.29) is 6.61 Å². The molecule has 0 saturated heterocycles. The zero-order valence-electron chi connectivity index (χ0n) is 9.91. The Balaban J connectivity index is 2.22. The largest absolute Gasteiger partial charge is 0.392 e. The molecule has 3 aromatic rings. The quantitative estimate of drug-likeness (QED) is 0.739. The second-order valence-corrected chi connectivity index (χ2v) is 4.12. The van der Waals surface area contributed by atoms with Crippen molar-refractivity contribution in [1.29, 1.82) is 0 Å². The molecule has 18 heavy (non-hydrogen) atoms. The average molecular weight is 240 g/mol. The van der Waals surface area contributed by atoms with Crippen LogP contribution in [0.15, 0.2) is 36.4 Å². The molecular formula is C13H12N4O. The summed E-state index contributed by atoms with van der Waals surface area (Å²) >= 11 is 0. The topological polar surface area (TPSA) is 63.8 Å². The van der Waals surface area contributed by atoms with Gasteiger partial charge >= 0.3 is 0 Å². The maximum absolute atomic E-state index is 9.22. The van der Waals surface area contributed by atoms with E-state index in [9.17, 15) is 5.11 Å². The number of benzene rings is 1. The third kappa shape index (κ3) is 1.74. The smallest absolute Gasteiger partial charge is 0.156 e. The number of hydrogen-bond acceptors (Lipinski definition) is 4. The van der Waals surface area contributed by atoms with Gasteiger partial charge in [0.05, 0.1) is 12.1 Å². The van der Waals surface area contributed by atoms with Crippen LogP contribution in [0, 0.1) is 6.92 Å². The molecule has 0 spiro atoms. The molecule has 1 N–H and O–H groups in total. The third-order valence-electron chi connectivity index (χ3n) is 2.75. The summed E-state index contributed by atoms with van der Waals surface area (Å²) in [7, 11) is 0. The van der Waals surface area contributed by atoms with E-state index in [1.165, 1.54) is 0 Å². The summed E-state index contributed by atoms with van der Waals surface area (Å²) in [6, 6.07) is 11.4. The maximum Gasteiger partial charge on any atom is 0.156 e. The highest BCUT2D eigenvalue weighted by molar-refractivity contribution is 5.75. The molecule has 5 heteroatoms. The van der Waals surface area contributed by atoms with Crippen LogP contribution in [0.5, 0.6) is 0 Å². The molecule has 0 aliphatic rings. The number of aliphatic hydroxyl groups excluding tert-OH is 1. The number of aromatic nitrogens is 4. The van der Waals surface area contributed by atoms with Crippen LogP contribution in [-0.2, 0) is 6.61 Å². The zero-order chi connectivity index (χ0) is 12.5. The van der Waals surface area contributed by atoms with Gasteiger partial charge in [-0.25, -0.2) is 4.98 Å². The van der Waals surface area contributed by atoms with Crippen LogP contribution in [0.3, 0.4) is 0 Å². The minimum atomic E-state index is -0.0109. The number of hydrogen-bond donors (Lipinski definition) is 1. The van der Waals surface area contributed by atoms with Crippen LogP contribution in [0.4, 0.5) is 0 Å². The summed E-state index contributed by atoms with van der Waals surface area (Å²) in [5, 5.41) is 17.4. The normalized spacial score (nSPS) is 11.0. The summed E-state index contributed by atoms with van der Waals surface area (Å²) < 4.78 is 1.68. The fraction of sp³-hybridized carbons (Fsp3) is 0.154. The Morgan fingerprint density at radius 1 is 1.22 bits per heavy atom. The minimum Gasteiger partial charge on any atom is -0.392 e. The number of para-hydroxylation sites is 1. The number of fused-ring (bicyclic) bond motifs is 1. The van der Waals surface area contributed by atoms with Gasteiger partial charge in [0.1, 0.15) is 5.52 Å². The van der Waals surface area contributed by atoms with E-state index in [0.29, 0.717) is 5.82 Å². The fourth-order valence-electron chi connectivity index (χ4n) is 1.96. The molecular weight excluding hydrogens is 228 g/mol. The van der Waals surface area contributed by atoms with Gasteiger partial charge in [0, 0.05) is 5.69 Å². The molecule has 0 amide bonds. The summed E-state index contributed by atoms with van der Waals surface area (Å²) in [5.74, 6) is 0.674. The molecule has 2 aromatic heterocycles. The van der Waals surface area contributed by atoms with Crippen LogP contribution >= 0.6 is 0 Å². The Morgan fingerprint density at radius 3 is 2.89 bits per heavy atom. The molecule has 0 unspecified atom stereocenters. The lowest BCUT2D eigenvalue weighted by atomic mass is 10.2. The van der Waals surface area contributed by atoms with E-state index < -0.39 is 0 Å². The van der Waals surface area contributed by atoms with Crippen molar-refractivity contribution in [2.45, 2.75) is 13.5 Å². The third-order valence-corrected chi connectivity index (χ3v) is 2.75.